The van der Waals surface area contributed by atoms with Crippen molar-refractivity contribution in [3.63, 3.8) is 0 Å². The predicted molar refractivity (Wildman–Crippen MR) is 91.9 cm³/mol. The van der Waals surface area contributed by atoms with E-state index in [0.717, 1.165) is 11.1 Å². The Balaban J connectivity index is 1.77. The molecule has 3 aromatic rings. The minimum atomic E-state index is -0.0899. The van der Waals surface area contributed by atoms with Crippen LogP contribution in [-0.2, 0) is 13.1 Å². The lowest BCUT2D eigenvalue weighted by atomic mass is 10.2. The second kappa shape index (κ2) is 6.38. The van der Waals surface area contributed by atoms with E-state index in [1.54, 1.807) is 6.07 Å². The molecular formula is C15H13Cl2N3OS. The zero-order valence-electron chi connectivity index (χ0n) is 11.8. The Morgan fingerprint density at radius 1 is 1.27 bits per heavy atom. The average Bonchev–Trinajstić information content (AvgIpc) is 2.91. The molecule has 0 unspecified atom stereocenters. The van der Waals surface area contributed by atoms with Gasteiger partial charge in [-0.05, 0) is 36.2 Å². The van der Waals surface area contributed by atoms with E-state index in [4.69, 9.17) is 23.2 Å². The third-order valence-electron chi connectivity index (χ3n) is 3.24. The fourth-order valence-corrected chi connectivity index (χ4v) is 3.44. The summed E-state index contributed by atoms with van der Waals surface area (Å²) in [6.07, 6.45) is 0. The van der Waals surface area contributed by atoms with E-state index in [2.05, 4.69) is 9.97 Å². The molecule has 0 aliphatic carbocycles. The first-order valence-electron chi connectivity index (χ1n) is 6.62. The molecule has 2 heterocycles. The molecule has 0 saturated heterocycles. The van der Waals surface area contributed by atoms with E-state index in [9.17, 15) is 4.79 Å². The molecule has 0 amide bonds. The molecule has 114 valence electrons. The van der Waals surface area contributed by atoms with Gasteiger partial charge in [0.15, 0.2) is 0 Å². The number of thiophene rings is 1. The molecule has 22 heavy (non-hydrogen) atoms. The predicted octanol–water partition coefficient (Wildman–Crippen LogP) is 3.92. The highest BCUT2D eigenvalue weighted by Gasteiger charge is 2.09. The van der Waals surface area contributed by atoms with Gasteiger partial charge in [-0.3, -0.25) is 9.69 Å². The molecule has 2 aromatic heterocycles. The van der Waals surface area contributed by atoms with Gasteiger partial charge in [-0.1, -0.05) is 29.3 Å². The Bertz CT molecular complexity index is 875. The van der Waals surface area contributed by atoms with E-state index in [1.807, 2.05) is 35.5 Å². The Morgan fingerprint density at radius 3 is 2.86 bits per heavy atom. The number of hydrogen-bond acceptors (Lipinski definition) is 4. The number of hydrogen-bond donors (Lipinski definition) is 1. The average molecular weight is 354 g/mol. The summed E-state index contributed by atoms with van der Waals surface area (Å²) in [6, 6.07) is 7.30. The quantitative estimate of drug-likeness (QED) is 0.773. The van der Waals surface area contributed by atoms with Gasteiger partial charge in [-0.15, -0.1) is 11.3 Å². The van der Waals surface area contributed by atoms with Crippen LogP contribution in [0.5, 0.6) is 0 Å². The molecule has 1 aromatic carbocycles. The molecule has 0 bridgehead atoms. The van der Waals surface area contributed by atoms with Gasteiger partial charge in [-0.2, -0.15) is 0 Å². The molecule has 0 radical (unpaired) electrons. The smallest absolute Gasteiger partial charge is 0.268 e. The summed E-state index contributed by atoms with van der Waals surface area (Å²) >= 11 is 13.5. The van der Waals surface area contributed by atoms with Crippen molar-refractivity contribution in [3.05, 3.63) is 61.4 Å². The lowest BCUT2D eigenvalue weighted by molar-refractivity contribution is 0.311. The number of rotatable bonds is 4. The maximum Gasteiger partial charge on any atom is 0.268 e. The van der Waals surface area contributed by atoms with Gasteiger partial charge in [0.05, 0.1) is 12.1 Å². The number of fused-ring (bicyclic) bond motifs is 1. The topological polar surface area (TPSA) is 49.0 Å². The second-order valence-electron chi connectivity index (χ2n) is 5.06. The second-order valence-corrected chi connectivity index (χ2v) is 6.82. The van der Waals surface area contributed by atoms with E-state index >= 15 is 0 Å². The first-order valence-corrected chi connectivity index (χ1v) is 8.25. The molecular weight excluding hydrogens is 341 g/mol. The van der Waals surface area contributed by atoms with Crippen LogP contribution in [-0.4, -0.2) is 21.9 Å². The summed E-state index contributed by atoms with van der Waals surface area (Å²) in [5.41, 5.74) is 1.63. The van der Waals surface area contributed by atoms with Crippen molar-refractivity contribution in [1.82, 2.24) is 14.9 Å². The van der Waals surface area contributed by atoms with Crippen LogP contribution in [0, 0.1) is 0 Å². The van der Waals surface area contributed by atoms with Crippen molar-refractivity contribution in [2.24, 2.45) is 0 Å². The van der Waals surface area contributed by atoms with Gasteiger partial charge in [-0.25, -0.2) is 4.98 Å². The number of aromatic amines is 1. The Labute approximate surface area is 141 Å². The van der Waals surface area contributed by atoms with Crippen LogP contribution in [0.1, 0.15) is 11.4 Å². The van der Waals surface area contributed by atoms with E-state index in [0.29, 0.717) is 33.7 Å². The largest absolute Gasteiger partial charge is 0.308 e. The maximum absolute atomic E-state index is 12.0. The molecule has 0 fully saturated rings. The van der Waals surface area contributed by atoms with Crippen LogP contribution in [0.4, 0.5) is 0 Å². The highest BCUT2D eigenvalue weighted by molar-refractivity contribution is 7.17. The lowest BCUT2D eigenvalue weighted by Gasteiger charge is -2.17. The number of H-pyrrole nitrogens is 1. The van der Waals surface area contributed by atoms with E-state index in [-0.39, 0.29) is 5.56 Å². The van der Waals surface area contributed by atoms with E-state index in [1.165, 1.54) is 11.3 Å². The highest BCUT2D eigenvalue weighted by Crippen LogP contribution is 2.22. The minimum absolute atomic E-state index is 0.0899. The number of nitrogens with zero attached hydrogens (tertiary/aromatic N) is 2. The molecule has 0 saturated carbocycles. The summed E-state index contributed by atoms with van der Waals surface area (Å²) in [5, 5.41) is 3.12. The molecule has 0 atom stereocenters. The zero-order chi connectivity index (χ0) is 15.7. The van der Waals surface area contributed by atoms with Gasteiger partial charge in [0.25, 0.3) is 5.56 Å². The minimum Gasteiger partial charge on any atom is -0.308 e. The van der Waals surface area contributed by atoms with Crippen molar-refractivity contribution in [2.45, 2.75) is 13.1 Å². The van der Waals surface area contributed by atoms with Crippen LogP contribution >= 0.6 is 34.5 Å². The fraction of sp³-hybridized carbons (Fsp3) is 0.200. The lowest BCUT2D eigenvalue weighted by Crippen LogP contribution is -2.21. The Morgan fingerprint density at radius 2 is 2.09 bits per heavy atom. The Hall–Kier alpha value is -1.40. The number of halogens is 2. The summed E-state index contributed by atoms with van der Waals surface area (Å²) in [6.45, 7) is 1.17. The number of nitrogens with one attached hydrogen (secondary N) is 1. The molecule has 0 aliphatic heterocycles. The summed E-state index contributed by atoms with van der Waals surface area (Å²) in [5.74, 6) is 0.642. The summed E-state index contributed by atoms with van der Waals surface area (Å²) in [4.78, 5) is 21.3. The van der Waals surface area contributed by atoms with Gasteiger partial charge < -0.3 is 4.98 Å². The number of aromatic nitrogens is 2. The SMILES string of the molecule is CN(Cc1nc2ccsc2c(=O)[nH]1)Cc1ccc(Cl)cc1Cl. The van der Waals surface area contributed by atoms with Crippen molar-refractivity contribution < 1.29 is 0 Å². The van der Waals surface area contributed by atoms with Crippen molar-refractivity contribution in [3.8, 4) is 0 Å². The van der Waals surface area contributed by atoms with Crippen LogP contribution in [0.15, 0.2) is 34.4 Å². The summed E-state index contributed by atoms with van der Waals surface area (Å²) < 4.78 is 0.659. The van der Waals surface area contributed by atoms with Crippen molar-refractivity contribution in [2.75, 3.05) is 7.05 Å². The molecule has 0 spiro atoms. The molecule has 0 aliphatic rings. The third kappa shape index (κ3) is 3.33. The highest BCUT2D eigenvalue weighted by atomic mass is 35.5. The van der Waals surface area contributed by atoms with E-state index < -0.39 is 0 Å². The van der Waals surface area contributed by atoms with Gasteiger partial charge in [0.2, 0.25) is 0 Å². The first kappa shape index (κ1) is 15.5. The molecule has 3 rings (SSSR count). The standard InChI is InChI=1S/C15H13Cl2N3OS/c1-20(7-9-2-3-10(16)6-11(9)17)8-13-18-12-4-5-22-14(12)15(21)19-13/h2-6H,7-8H2,1H3,(H,18,19,21). The summed E-state index contributed by atoms with van der Waals surface area (Å²) in [7, 11) is 1.95. The number of benzene rings is 1. The van der Waals surface area contributed by atoms with Crippen LogP contribution in [0.25, 0.3) is 10.2 Å². The van der Waals surface area contributed by atoms with Gasteiger partial charge >= 0.3 is 0 Å². The molecule has 1 N–H and O–H groups in total. The maximum atomic E-state index is 12.0. The first-order chi connectivity index (χ1) is 10.5. The van der Waals surface area contributed by atoms with Crippen LogP contribution < -0.4 is 5.56 Å². The van der Waals surface area contributed by atoms with Gasteiger partial charge in [0.1, 0.15) is 10.5 Å². The molecule has 4 nitrogen and oxygen atoms in total. The molecule has 7 heteroatoms. The normalized spacial score (nSPS) is 11.5. The monoisotopic (exact) mass is 353 g/mol. The van der Waals surface area contributed by atoms with Crippen molar-refractivity contribution in [1.29, 1.82) is 0 Å². The Kier molecular flexibility index (Phi) is 4.49. The van der Waals surface area contributed by atoms with Crippen LogP contribution in [0.2, 0.25) is 10.0 Å². The van der Waals surface area contributed by atoms with Crippen molar-refractivity contribution >= 4 is 44.8 Å². The van der Waals surface area contributed by atoms with Gasteiger partial charge in [0, 0.05) is 16.6 Å². The third-order valence-corrected chi connectivity index (χ3v) is 4.73. The van der Waals surface area contributed by atoms with Crippen LogP contribution in [0.3, 0.4) is 0 Å². The fourth-order valence-electron chi connectivity index (χ4n) is 2.25. The zero-order valence-corrected chi connectivity index (χ0v) is 14.1.